The summed E-state index contributed by atoms with van der Waals surface area (Å²) in [6.07, 6.45) is 1.90. The fourth-order valence-corrected chi connectivity index (χ4v) is 3.43. The summed E-state index contributed by atoms with van der Waals surface area (Å²) in [6.45, 7) is 9.69. The van der Waals surface area contributed by atoms with Crippen molar-refractivity contribution < 1.29 is 19.1 Å². The molecule has 0 aromatic heterocycles. The van der Waals surface area contributed by atoms with Gasteiger partial charge in [-0.15, -0.1) is 0 Å². The van der Waals surface area contributed by atoms with Crippen LogP contribution in [0.25, 0.3) is 0 Å². The van der Waals surface area contributed by atoms with Crippen molar-refractivity contribution >= 4 is 17.9 Å². The topological polar surface area (TPSA) is 87.7 Å². The minimum absolute atomic E-state index is 0.0353. The predicted molar refractivity (Wildman–Crippen MR) is 116 cm³/mol. The molecule has 1 aliphatic heterocycles. The van der Waals surface area contributed by atoms with Crippen LogP contribution in [-0.4, -0.2) is 54.6 Å². The molecule has 0 bridgehead atoms. The zero-order valence-corrected chi connectivity index (χ0v) is 18.6. The molecule has 0 spiro atoms. The molecule has 1 aromatic rings. The highest BCUT2D eigenvalue weighted by molar-refractivity contribution is 5.79. The van der Waals surface area contributed by atoms with Crippen molar-refractivity contribution in [1.29, 1.82) is 0 Å². The smallest absolute Gasteiger partial charge is 0.407 e. The van der Waals surface area contributed by atoms with Gasteiger partial charge in [-0.1, -0.05) is 24.3 Å². The van der Waals surface area contributed by atoms with Crippen LogP contribution >= 0.6 is 0 Å². The van der Waals surface area contributed by atoms with Crippen molar-refractivity contribution in [1.82, 2.24) is 15.5 Å². The van der Waals surface area contributed by atoms with Crippen LogP contribution in [0.5, 0.6) is 0 Å². The molecule has 7 heteroatoms. The predicted octanol–water partition coefficient (Wildman–Crippen LogP) is 2.81. The number of nitrogens with zero attached hydrogens (tertiary/aromatic N) is 1. The van der Waals surface area contributed by atoms with Crippen molar-refractivity contribution in [3.8, 4) is 0 Å². The van der Waals surface area contributed by atoms with Crippen LogP contribution in [0, 0.1) is 12.8 Å². The van der Waals surface area contributed by atoms with Gasteiger partial charge in [0.25, 0.3) is 0 Å². The van der Waals surface area contributed by atoms with Gasteiger partial charge < -0.3 is 20.3 Å². The molecule has 1 fully saturated rings. The lowest BCUT2D eigenvalue weighted by atomic mass is 9.96. The number of carbonyl (C=O) groups is 3. The molecule has 0 unspecified atom stereocenters. The van der Waals surface area contributed by atoms with E-state index in [2.05, 4.69) is 10.6 Å². The Morgan fingerprint density at radius 1 is 1.10 bits per heavy atom. The summed E-state index contributed by atoms with van der Waals surface area (Å²) in [5.41, 5.74) is 1.63. The number of rotatable bonds is 7. The van der Waals surface area contributed by atoms with Crippen LogP contribution in [0.4, 0.5) is 4.79 Å². The first-order valence-electron chi connectivity index (χ1n) is 10.7. The van der Waals surface area contributed by atoms with Gasteiger partial charge in [-0.25, -0.2) is 4.79 Å². The normalized spacial score (nSPS) is 14.9. The third-order valence-electron chi connectivity index (χ3n) is 5.17. The molecule has 1 saturated heterocycles. The Labute approximate surface area is 179 Å². The molecule has 1 aliphatic rings. The van der Waals surface area contributed by atoms with E-state index in [1.54, 1.807) is 20.8 Å². The summed E-state index contributed by atoms with van der Waals surface area (Å²) < 4.78 is 5.16. The third kappa shape index (κ3) is 8.43. The largest absolute Gasteiger partial charge is 0.444 e. The van der Waals surface area contributed by atoms with E-state index in [9.17, 15) is 14.4 Å². The Morgan fingerprint density at radius 2 is 1.77 bits per heavy atom. The second-order valence-electron chi connectivity index (χ2n) is 8.91. The molecule has 1 heterocycles. The van der Waals surface area contributed by atoms with Gasteiger partial charge in [-0.2, -0.15) is 0 Å². The Kier molecular flexibility index (Phi) is 8.69. The Balaban J connectivity index is 1.62. The quantitative estimate of drug-likeness (QED) is 0.714. The lowest BCUT2D eigenvalue weighted by Gasteiger charge is -2.32. The first-order chi connectivity index (χ1) is 14.1. The van der Waals surface area contributed by atoms with E-state index in [4.69, 9.17) is 4.74 Å². The van der Waals surface area contributed by atoms with Gasteiger partial charge in [-0.3, -0.25) is 9.59 Å². The summed E-state index contributed by atoms with van der Waals surface area (Å²) in [6, 6.07) is 7.92. The molecule has 0 radical (unpaired) electrons. The molecule has 7 nitrogen and oxygen atoms in total. The summed E-state index contributed by atoms with van der Waals surface area (Å²) in [7, 11) is 0. The van der Waals surface area contributed by atoms with E-state index < -0.39 is 11.7 Å². The molecular formula is C23H35N3O4. The third-order valence-corrected chi connectivity index (χ3v) is 5.17. The Morgan fingerprint density at radius 3 is 2.40 bits per heavy atom. The lowest BCUT2D eigenvalue weighted by molar-refractivity contribution is -0.132. The lowest BCUT2D eigenvalue weighted by Crippen LogP contribution is -2.43. The van der Waals surface area contributed by atoms with E-state index in [1.807, 2.05) is 36.1 Å². The molecule has 1 aromatic carbocycles. The Hall–Kier alpha value is -2.57. The number of likely N-dealkylation sites (tertiary alicyclic amines) is 1. The number of alkyl carbamates (subject to hydrolysis) is 1. The highest BCUT2D eigenvalue weighted by Gasteiger charge is 2.23. The number of amides is 3. The average Bonchev–Trinajstić information content (AvgIpc) is 2.67. The summed E-state index contributed by atoms with van der Waals surface area (Å²) in [5.74, 6) is 0.457. The van der Waals surface area contributed by atoms with E-state index in [1.165, 1.54) is 0 Å². The highest BCUT2D eigenvalue weighted by Crippen LogP contribution is 2.17. The molecule has 30 heavy (non-hydrogen) atoms. The maximum absolute atomic E-state index is 12.3. The van der Waals surface area contributed by atoms with Gasteiger partial charge in [0.15, 0.2) is 0 Å². The molecule has 166 valence electrons. The number of hydrogen-bond acceptors (Lipinski definition) is 4. The minimum atomic E-state index is -0.550. The van der Waals surface area contributed by atoms with E-state index in [-0.39, 0.29) is 24.8 Å². The van der Waals surface area contributed by atoms with Crippen molar-refractivity contribution in [2.75, 3.05) is 26.2 Å². The zero-order chi connectivity index (χ0) is 22.1. The monoisotopic (exact) mass is 417 g/mol. The standard InChI is InChI=1S/C23H35N3O4/c1-17-7-5-6-8-19(17)15-20(27)25-16-18-10-13-26(14-11-18)21(28)9-12-24-22(29)30-23(2,3)4/h5-8,18H,9-16H2,1-4H3,(H,24,29)(H,25,27). The van der Waals surface area contributed by atoms with E-state index in [0.717, 1.165) is 24.0 Å². The number of piperidine rings is 1. The number of ether oxygens (including phenoxy) is 1. The number of carbonyl (C=O) groups excluding carboxylic acids is 3. The highest BCUT2D eigenvalue weighted by atomic mass is 16.6. The zero-order valence-electron chi connectivity index (χ0n) is 18.6. The van der Waals surface area contributed by atoms with Crippen LogP contribution in [-0.2, 0) is 20.7 Å². The number of benzene rings is 1. The van der Waals surface area contributed by atoms with E-state index >= 15 is 0 Å². The first kappa shape index (κ1) is 23.7. The van der Waals surface area contributed by atoms with Crippen LogP contribution < -0.4 is 10.6 Å². The van der Waals surface area contributed by atoms with Gasteiger partial charge in [0.2, 0.25) is 11.8 Å². The molecular weight excluding hydrogens is 382 g/mol. The molecule has 2 N–H and O–H groups in total. The molecule has 3 amide bonds. The average molecular weight is 418 g/mol. The van der Waals surface area contributed by atoms with Crippen molar-refractivity contribution in [2.45, 2.75) is 59.0 Å². The van der Waals surface area contributed by atoms with Crippen LogP contribution in [0.3, 0.4) is 0 Å². The maximum atomic E-state index is 12.3. The number of aryl methyl sites for hydroxylation is 1. The molecule has 2 rings (SSSR count). The van der Waals surface area contributed by atoms with Gasteiger partial charge in [0.05, 0.1) is 6.42 Å². The summed E-state index contributed by atoms with van der Waals surface area (Å²) >= 11 is 0. The van der Waals surface area contributed by atoms with Crippen LogP contribution in [0.15, 0.2) is 24.3 Å². The van der Waals surface area contributed by atoms with E-state index in [0.29, 0.717) is 32.0 Å². The number of nitrogens with one attached hydrogen (secondary N) is 2. The summed E-state index contributed by atoms with van der Waals surface area (Å²) in [5, 5.41) is 5.65. The van der Waals surface area contributed by atoms with Crippen molar-refractivity contribution in [2.24, 2.45) is 5.92 Å². The van der Waals surface area contributed by atoms with Gasteiger partial charge in [0, 0.05) is 32.6 Å². The van der Waals surface area contributed by atoms with Gasteiger partial charge >= 0.3 is 6.09 Å². The maximum Gasteiger partial charge on any atom is 0.407 e. The first-order valence-corrected chi connectivity index (χ1v) is 10.7. The minimum Gasteiger partial charge on any atom is -0.444 e. The van der Waals surface area contributed by atoms with Crippen molar-refractivity contribution in [3.05, 3.63) is 35.4 Å². The van der Waals surface area contributed by atoms with Gasteiger partial charge in [0.1, 0.15) is 5.60 Å². The SMILES string of the molecule is Cc1ccccc1CC(=O)NCC1CCN(C(=O)CCNC(=O)OC(C)(C)C)CC1. The fourth-order valence-electron chi connectivity index (χ4n) is 3.43. The second kappa shape index (κ2) is 11.0. The number of hydrogen-bond donors (Lipinski definition) is 2. The second-order valence-corrected chi connectivity index (χ2v) is 8.91. The van der Waals surface area contributed by atoms with Crippen LogP contribution in [0.2, 0.25) is 0 Å². The Bertz CT molecular complexity index is 734. The fraction of sp³-hybridized carbons (Fsp3) is 0.609. The molecule has 0 saturated carbocycles. The molecule has 0 atom stereocenters. The van der Waals surface area contributed by atoms with Crippen LogP contribution in [0.1, 0.15) is 51.2 Å². The summed E-state index contributed by atoms with van der Waals surface area (Å²) in [4.78, 5) is 38.0. The van der Waals surface area contributed by atoms with Gasteiger partial charge in [-0.05, 0) is 57.6 Å². The molecule has 0 aliphatic carbocycles. The van der Waals surface area contributed by atoms with Crippen molar-refractivity contribution in [3.63, 3.8) is 0 Å².